The van der Waals surface area contributed by atoms with Gasteiger partial charge in [-0.15, -0.1) is 11.3 Å². The maximum Gasteiger partial charge on any atom is 0.350 e. The Labute approximate surface area is 129 Å². The van der Waals surface area contributed by atoms with Gasteiger partial charge in [-0.3, -0.25) is 4.79 Å². The normalized spacial score (nSPS) is 15.7. The zero-order valence-corrected chi connectivity index (χ0v) is 13.2. The molecule has 0 aliphatic heterocycles. The van der Waals surface area contributed by atoms with Crippen LogP contribution in [0.5, 0.6) is 0 Å². The van der Waals surface area contributed by atoms with E-state index in [2.05, 4.69) is 17.2 Å². The Kier molecular flexibility index (Phi) is 6.17. The molecule has 21 heavy (non-hydrogen) atoms. The molecule has 6 heteroatoms. The van der Waals surface area contributed by atoms with E-state index >= 15 is 0 Å². The molecule has 5 nitrogen and oxygen atoms in total. The molecule has 1 heterocycles. The van der Waals surface area contributed by atoms with Crippen LogP contribution >= 0.6 is 11.3 Å². The average Bonchev–Trinajstić information content (AvgIpc) is 2.95. The number of rotatable bonds is 6. The minimum atomic E-state index is -0.464. The van der Waals surface area contributed by atoms with Gasteiger partial charge in [0.1, 0.15) is 4.88 Å². The van der Waals surface area contributed by atoms with E-state index in [1.165, 1.54) is 24.0 Å². The van der Waals surface area contributed by atoms with Crippen molar-refractivity contribution in [3.8, 4) is 0 Å². The molecule has 0 bridgehead atoms. The van der Waals surface area contributed by atoms with Crippen molar-refractivity contribution in [3.05, 3.63) is 16.1 Å². The number of aryl methyl sites for hydroxylation is 1. The third-order valence-corrected chi connectivity index (χ3v) is 4.56. The number of nitrogens with one attached hydrogen (secondary N) is 1. The first-order valence-corrected chi connectivity index (χ1v) is 8.42. The lowest BCUT2D eigenvalue weighted by atomic mass is 9.95. The highest BCUT2D eigenvalue weighted by atomic mass is 32.1. The Morgan fingerprint density at radius 1 is 1.38 bits per heavy atom. The molecule has 0 radical (unpaired) electrons. The van der Waals surface area contributed by atoms with Gasteiger partial charge in [0.2, 0.25) is 0 Å². The third kappa shape index (κ3) is 5.12. The Bertz CT molecular complexity index is 481. The van der Waals surface area contributed by atoms with E-state index in [9.17, 15) is 9.59 Å². The molecule has 1 fully saturated rings. The number of nitrogens with zero attached hydrogens (tertiary/aromatic N) is 1. The van der Waals surface area contributed by atoms with E-state index in [1.54, 1.807) is 0 Å². The Hall–Kier alpha value is -1.43. The molecular weight excluding hydrogens is 288 g/mol. The van der Waals surface area contributed by atoms with Crippen LogP contribution in [0.1, 0.15) is 60.1 Å². The summed E-state index contributed by atoms with van der Waals surface area (Å²) in [5, 5.41) is 3.85. The largest absolute Gasteiger partial charge is 0.451 e. The number of aromatic nitrogens is 1. The molecule has 0 unspecified atom stereocenters. The zero-order valence-electron chi connectivity index (χ0n) is 12.4. The quantitative estimate of drug-likeness (QED) is 0.820. The van der Waals surface area contributed by atoms with Gasteiger partial charge in [0.15, 0.2) is 6.61 Å². The highest BCUT2D eigenvalue weighted by molar-refractivity contribution is 7.13. The van der Waals surface area contributed by atoms with E-state index in [-0.39, 0.29) is 18.6 Å². The second-order valence-corrected chi connectivity index (χ2v) is 6.46. The first-order valence-electron chi connectivity index (χ1n) is 7.60. The summed E-state index contributed by atoms with van der Waals surface area (Å²) in [6.45, 7) is 1.85. The summed E-state index contributed by atoms with van der Waals surface area (Å²) in [4.78, 5) is 28.2. The van der Waals surface area contributed by atoms with Crippen LogP contribution in [0.25, 0.3) is 0 Å². The molecule has 1 aromatic heterocycles. The highest BCUT2D eigenvalue weighted by Crippen LogP contribution is 2.17. The Morgan fingerprint density at radius 3 is 2.86 bits per heavy atom. The molecule has 0 saturated heterocycles. The molecule has 1 N–H and O–H groups in total. The molecule has 0 spiro atoms. The third-order valence-electron chi connectivity index (χ3n) is 3.52. The second-order valence-electron chi connectivity index (χ2n) is 5.35. The Morgan fingerprint density at radius 2 is 2.14 bits per heavy atom. The summed E-state index contributed by atoms with van der Waals surface area (Å²) in [5.74, 6) is -0.679. The first kappa shape index (κ1) is 15.9. The van der Waals surface area contributed by atoms with E-state index < -0.39 is 5.97 Å². The minimum Gasteiger partial charge on any atom is -0.451 e. The molecule has 1 saturated carbocycles. The summed E-state index contributed by atoms with van der Waals surface area (Å²) in [6.07, 6.45) is 8.98. The first-order chi connectivity index (χ1) is 10.2. The fraction of sp³-hybridized carbons (Fsp3) is 0.667. The van der Waals surface area contributed by atoms with Crippen LogP contribution in [0.2, 0.25) is 0 Å². The number of carbonyl (C=O) groups excluding carboxylic acids is 2. The van der Waals surface area contributed by atoms with Crippen molar-refractivity contribution in [2.45, 2.75) is 57.9 Å². The van der Waals surface area contributed by atoms with E-state index in [4.69, 9.17) is 4.74 Å². The number of ether oxygens (including phenoxy) is 1. The van der Waals surface area contributed by atoms with Crippen LogP contribution in [-0.2, 0) is 16.0 Å². The SMILES string of the molecule is CCCc1ncc(C(=O)OCC(=O)NC2CCCCC2)s1. The number of thiazole rings is 1. The van der Waals surface area contributed by atoms with Crippen molar-refractivity contribution in [2.75, 3.05) is 6.61 Å². The van der Waals surface area contributed by atoms with Crippen LogP contribution in [0.4, 0.5) is 0 Å². The van der Waals surface area contributed by atoms with Gasteiger partial charge in [-0.1, -0.05) is 26.2 Å². The minimum absolute atomic E-state index is 0.212. The van der Waals surface area contributed by atoms with Gasteiger partial charge < -0.3 is 10.1 Å². The summed E-state index contributed by atoms with van der Waals surface area (Å²) in [7, 11) is 0. The van der Waals surface area contributed by atoms with E-state index in [0.29, 0.717) is 4.88 Å². The van der Waals surface area contributed by atoms with Crippen molar-refractivity contribution in [2.24, 2.45) is 0 Å². The predicted octanol–water partition coefficient (Wildman–Crippen LogP) is 2.70. The average molecular weight is 310 g/mol. The molecule has 116 valence electrons. The van der Waals surface area contributed by atoms with Gasteiger partial charge in [0, 0.05) is 6.04 Å². The van der Waals surface area contributed by atoms with Crippen LogP contribution in [0.3, 0.4) is 0 Å². The highest BCUT2D eigenvalue weighted by Gasteiger charge is 2.18. The number of hydrogen-bond acceptors (Lipinski definition) is 5. The maximum atomic E-state index is 11.8. The van der Waals surface area contributed by atoms with E-state index in [1.807, 2.05) is 0 Å². The second kappa shape index (κ2) is 8.12. The van der Waals surface area contributed by atoms with Crippen LogP contribution in [-0.4, -0.2) is 29.5 Å². The molecular formula is C15H22N2O3S. The number of carbonyl (C=O) groups is 2. The molecule has 1 aliphatic rings. The summed E-state index contributed by atoms with van der Waals surface area (Å²) in [6, 6.07) is 0.240. The molecule has 0 aromatic carbocycles. The van der Waals surface area contributed by atoms with Gasteiger partial charge in [-0.2, -0.15) is 0 Å². The summed E-state index contributed by atoms with van der Waals surface area (Å²) >= 11 is 1.34. The molecule has 1 aliphatic carbocycles. The van der Waals surface area contributed by atoms with Gasteiger partial charge in [-0.05, 0) is 25.7 Å². The standard InChI is InChI=1S/C15H22N2O3S/c1-2-6-14-16-9-12(21-14)15(19)20-10-13(18)17-11-7-4-3-5-8-11/h9,11H,2-8,10H2,1H3,(H,17,18). The predicted molar refractivity (Wildman–Crippen MR) is 81.4 cm³/mol. The summed E-state index contributed by atoms with van der Waals surface area (Å²) < 4.78 is 5.04. The number of esters is 1. The fourth-order valence-electron chi connectivity index (χ4n) is 2.45. The molecule has 0 atom stereocenters. The zero-order chi connectivity index (χ0) is 15.1. The van der Waals surface area contributed by atoms with Crippen molar-refractivity contribution >= 4 is 23.2 Å². The van der Waals surface area contributed by atoms with Crippen molar-refractivity contribution in [3.63, 3.8) is 0 Å². The lowest BCUT2D eigenvalue weighted by Crippen LogP contribution is -2.38. The Balaban J connectivity index is 1.73. The topological polar surface area (TPSA) is 68.3 Å². The smallest absolute Gasteiger partial charge is 0.350 e. The number of amides is 1. The molecule has 2 rings (SSSR count). The van der Waals surface area contributed by atoms with Gasteiger partial charge >= 0.3 is 5.97 Å². The monoisotopic (exact) mass is 310 g/mol. The van der Waals surface area contributed by atoms with Gasteiger partial charge in [0.05, 0.1) is 11.2 Å². The lowest BCUT2D eigenvalue weighted by molar-refractivity contribution is -0.125. The molecule has 1 amide bonds. The lowest BCUT2D eigenvalue weighted by Gasteiger charge is -2.22. The van der Waals surface area contributed by atoms with Crippen molar-refractivity contribution in [1.29, 1.82) is 0 Å². The molecule has 1 aromatic rings. The van der Waals surface area contributed by atoms with Crippen molar-refractivity contribution in [1.82, 2.24) is 10.3 Å². The maximum absolute atomic E-state index is 11.8. The van der Waals surface area contributed by atoms with Crippen LogP contribution in [0.15, 0.2) is 6.20 Å². The summed E-state index contributed by atoms with van der Waals surface area (Å²) in [5.41, 5.74) is 0. The van der Waals surface area contributed by atoms with Gasteiger partial charge in [0.25, 0.3) is 5.91 Å². The fourth-order valence-corrected chi connectivity index (χ4v) is 3.37. The van der Waals surface area contributed by atoms with Crippen LogP contribution in [0, 0.1) is 0 Å². The van der Waals surface area contributed by atoms with Crippen molar-refractivity contribution < 1.29 is 14.3 Å². The van der Waals surface area contributed by atoms with E-state index in [0.717, 1.165) is 43.5 Å². The number of hydrogen-bond donors (Lipinski definition) is 1. The van der Waals surface area contributed by atoms with Gasteiger partial charge in [-0.25, -0.2) is 9.78 Å². The van der Waals surface area contributed by atoms with Crippen LogP contribution < -0.4 is 5.32 Å².